The summed E-state index contributed by atoms with van der Waals surface area (Å²) in [6, 6.07) is 7.85. The van der Waals surface area contributed by atoms with Crippen LogP contribution in [0, 0.1) is 5.82 Å². The Kier molecular flexibility index (Phi) is 5.09. The Balaban J connectivity index is 1.31. The van der Waals surface area contributed by atoms with Crippen molar-refractivity contribution in [2.24, 2.45) is 0 Å². The van der Waals surface area contributed by atoms with E-state index in [0.717, 1.165) is 15.5 Å². The Morgan fingerprint density at radius 2 is 2.07 bits per heavy atom. The van der Waals surface area contributed by atoms with Crippen molar-refractivity contribution in [3.8, 4) is 5.75 Å². The van der Waals surface area contributed by atoms with Crippen molar-refractivity contribution in [1.29, 1.82) is 0 Å². The number of fused-ring (bicyclic) bond motifs is 1. The van der Waals surface area contributed by atoms with Gasteiger partial charge in [-0.2, -0.15) is 0 Å². The summed E-state index contributed by atoms with van der Waals surface area (Å²) in [4.78, 5) is 26.1. The third-order valence-corrected chi connectivity index (χ3v) is 5.64. The number of hydrogen-bond acceptors (Lipinski definition) is 6. The molecule has 0 atom stereocenters. The molecule has 2 aromatic heterocycles. The van der Waals surface area contributed by atoms with Crippen molar-refractivity contribution in [3.05, 3.63) is 47.4 Å². The van der Waals surface area contributed by atoms with E-state index >= 15 is 0 Å². The molecular formula is C18H16ClFN4O2S. The van der Waals surface area contributed by atoms with Crippen LogP contribution >= 0.6 is 22.9 Å². The fourth-order valence-corrected chi connectivity index (χ4v) is 3.97. The third-order valence-electron chi connectivity index (χ3n) is 4.31. The molecule has 27 heavy (non-hydrogen) atoms. The van der Waals surface area contributed by atoms with Crippen molar-refractivity contribution in [2.45, 2.75) is 0 Å². The van der Waals surface area contributed by atoms with E-state index in [1.165, 1.54) is 18.2 Å². The smallest absolute Gasteiger partial charge is 0.260 e. The normalized spacial score (nSPS) is 14.6. The van der Waals surface area contributed by atoms with Gasteiger partial charge in [-0.25, -0.2) is 14.4 Å². The molecule has 6 nitrogen and oxygen atoms in total. The first-order valence-corrected chi connectivity index (χ1v) is 9.62. The van der Waals surface area contributed by atoms with E-state index in [-0.39, 0.29) is 17.5 Å². The first-order chi connectivity index (χ1) is 13.1. The minimum absolute atomic E-state index is 0.0288. The van der Waals surface area contributed by atoms with Crippen LogP contribution in [0.25, 0.3) is 10.3 Å². The maximum absolute atomic E-state index is 13.2. The molecule has 1 aromatic carbocycles. The van der Waals surface area contributed by atoms with Crippen molar-refractivity contribution in [1.82, 2.24) is 14.9 Å². The van der Waals surface area contributed by atoms with Gasteiger partial charge in [0.25, 0.3) is 5.91 Å². The van der Waals surface area contributed by atoms with Crippen LogP contribution in [0.2, 0.25) is 5.02 Å². The predicted molar refractivity (Wildman–Crippen MR) is 103 cm³/mol. The van der Waals surface area contributed by atoms with Crippen LogP contribution in [-0.2, 0) is 4.79 Å². The van der Waals surface area contributed by atoms with Gasteiger partial charge in [-0.15, -0.1) is 0 Å². The summed E-state index contributed by atoms with van der Waals surface area (Å²) < 4.78 is 18.6. The lowest BCUT2D eigenvalue weighted by Crippen LogP contribution is -2.50. The zero-order valence-electron chi connectivity index (χ0n) is 14.3. The van der Waals surface area contributed by atoms with Crippen molar-refractivity contribution >= 4 is 44.3 Å². The van der Waals surface area contributed by atoms with E-state index in [1.807, 2.05) is 12.1 Å². The van der Waals surface area contributed by atoms with E-state index < -0.39 is 5.82 Å². The molecular weight excluding hydrogens is 391 g/mol. The highest BCUT2D eigenvalue weighted by Crippen LogP contribution is 2.27. The van der Waals surface area contributed by atoms with E-state index in [1.54, 1.807) is 22.4 Å². The number of halogens is 2. The van der Waals surface area contributed by atoms with E-state index in [4.69, 9.17) is 16.3 Å². The van der Waals surface area contributed by atoms with Crippen LogP contribution in [0.1, 0.15) is 0 Å². The Labute approximate surface area is 164 Å². The molecule has 140 valence electrons. The van der Waals surface area contributed by atoms with Gasteiger partial charge in [0.1, 0.15) is 21.9 Å². The van der Waals surface area contributed by atoms with Crippen LogP contribution in [0.5, 0.6) is 5.75 Å². The minimum Gasteiger partial charge on any atom is -0.484 e. The molecule has 1 saturated heterocycles. The number of nitrogens with zero attached hydrogens (tertiary/aromatic N) is 4. The number of benzene rings is 1. The highest BCUT2D eigenvalue weighted by Gasteiger charge is 2.23. The molecule has 1 aliphatic heterocycles. The topological polar surface area (TPSA) is 58.6 Å². The summed E-state index contributed by atoms with van der Waals surface area (Å²) in [6.07, 6.45) is 1.76. The average Bonchev–Trinajstić information content (AvgIpc) is 3.13. The van der Waals surface area contributed by atoms with Gasteiger partial charge in [0.2, 0.25) is 0 Å². The van der Waals surface area contributed by atoms with Crippen LogP contribution in [0.4, 0.5) is 9.52 Å². The second kappa shape index (κ2) is 7.66. The number of amides is 1. The largest absolute Gasteiger partial charge is 0.484 e. The van der Waals surface area contributed by atoms with Crippen LogP contribution in [0.15, 0.2) is 36.5 Å². The third kappa shape index (κ3) is 3.96. The lowest BCUT2D eigenvalue weighted by Gasteiger charge is -2.34. The molecule has 0 saturated carbocycles. The Hall–Kier alpha value is -2.45. The standard InChI is InChI=1S/C18H16ClFN4O2S/c19-13-10-12(3-4-14(13)20)26-11-16(25)23-6-8-24(9-7-23)18-22-15-2-1-5-21-17(15)27-18/h1-5,10H,6-9,11H2. The number of rotatable bonds is 4. The second-order valence-electron chi connectivity index (χ2n) is 6.06. The second-order valence-corrected chi connectivity index (χ2v) is 7.42. The number of ether oxygens (including phenoxy) is 1. The van der Waals surface area contributed by atoms with Gasteiger partial charge in [0.15, 0.2) is 11.7 Å². The number of thiazole rings is 1. The van der Waals surface area contributed by atoms with E-state index in [2.05, 4.69) is 14.9 Å². The van der Waals surface area contributed by atoms with Gasteiger partial charge in [-0.05, 0) is 24.3 Å². The quantitative estimate of drug-likeness (QED) is 0.666. The van der Waals surface area contributed by atoms with E-state index in [9.17, 15) is 9.18 Å². The van der Waals surface area contributed by atoms with Crippen LogP contribution in [0.3, 0.4) is 0 Å². The molecule has 1 amide bonds. The Morgan fingerprint density at radius 1 is 1.26 bits per heavy atom. The lowest BCUT2D eigenvalue weighted by molar-refractivity contribution is -0.133. The summed E-state index contributed by atoms with van der Waals surface area (Å²) in [6.45, 7) is 2.49. The predicted octanol–water partition coefficient (Wildman–Crippen LogP) is 3.21. The number of carbonyl (C=O) groups excluding carboxylic acids is 1. The fraction of sp³-hybridized carbons (Fsp3) is 0.278. The fourth-order valence-electron chi connectivity index (χ4n) is 2.84. The molecule has 3 heterocycles. The SMILES string of the molecule is O=C(COc1ccc(F)c(Cl)c1)N1CCN(c2nc3cccnc3s2)CC1. The maximum atomic E-state index is 13.2. The highest BCUT2D eigenvalue weighted by molar-refractivity contribution is 7.21. The zero-order chi connectivity index (χ0) is 18.8. The summed E-state index contributed by atoms with van der Waals surface area (Å²) in [5, 5.41) is 0.895. The molecule has 9 heteroatoms. The van der Waals surface area contributed by atoms with Crippen molar-refractivity contribution < 1.29 is 13.9 Å². The average molecular weight is 407 g/mol. The van der Waals surface area contributed by atoms with Crippen LogP contribution in [-0.4, -0.2) is 53.6 Å². The first-order valence-electron chi connectivity index (χ1n) is 8.42. The number of aromatic nitrogens is 2. The maximum Gasteiger partial charge on any atom is 0.260 e. The zero-order valence-corrected chi connectivity index (χ0v) is 15.8. The molecule has 0 bridgehead atoms. The Morgan fingerprint density at radius 3 is 2.81 bits per heavy atom. The number of anilines is 1. The van der Waals surface area contributed by atoms with Gasteiger partial charge in [0, 0.05) is 38.4 Å². The number of pyridine rings is 1. The molecule has 0 radical (unpaired) electrons. The molecule has 0 spiro atoms. The number of carbonyl (C=O) groups is 1. The number of piperazine rings is 1. The summed E-state index contributed by atoms with van der Waals surface area (Å²) >= 11 is 7.27. The molecule has 0 aliphatic carbocycles. The van der Waals surface area contributed by atoms with Gasteiger partial charge in [0.05, 0.1) is 5.02 Å². The lowest BCUT2D eigenvalue weighted by atomic mass is 10.3. The van der Waals surface area contributed by atoms with Crippen LogP contribution < -0.4 is 9.64 Å². The molecule has 0 N–H and O–H groups in total. The minimum atomic E-state index is -0.517. The summed E-state index contributed by atoms with van der Waals surface area (Å²) in [7, 11) is 0. The Bertz CT molecular complexity index is 942. The first kappa shape index (κ1) is 17.9. The summed E-state index contributed by atoms with van der Waals surface area (Å²) in [5.74, 6) is -0.257. The van der Waals surface area contributed by atoms with E-state index in [0.29, 0.717) is 31.9 Å². The molecule has 4 rings (SSSR count). The number of hydrogen-bond donors (Lipinski definition) is 0. The van der Waals surface area contributed by atoms with Crippen molar-refractivity contribution in [2.75, 3.05) is 37.7 Å². The van der Waals surface area contributed by atoms with Gasteiger partial charge >= 0.3 is 0 Å². The monoisotopic (exact) mass is 406 g/mol. The van der Waals surface area contributed by atoms with Gasteiger partial charge < -0.3 is 14.5 Å². The molecule has 1 aliphatic rings. The van der Waals surface area contributed by atoms with Gasteiger partial charge in [-0.3, -0.25) is 4.79 Å². The highest BCUT2D eigenvalue weighted by atomic mass is 35.5. The van der Waals surface area contributed by atoms with Gasteiger partial charge in [-0.1, -0.05) is 22.9 Å². The molecule has 0 unspecified atom stereocenters. The summed E-state index contributed by atoms with van der Waals surface area (Å²) in [5.41, 5.74) is 0.891. The molecule has 3 aromatic rings. The van der Waals surface area contributed by atoms with Crippen molar-refractivity contribution in [3.63, 3.8) is 0 Å². The molecule has 1 fully saturated rings.